The van der Waals surface area contributed by atoms with Gasteiger partial charge < -0.3 is 16.2 Å². The van der Waals surface area contributed by atoms with Gasteiger partial charge in [0.2, 0.25) is 5.91 Å². The zero-order valence-corrected chi connectivity index (χ0v) is 11.2. The van der Waals surface area contributed by atoms with Gasteiger partial charge in [-0.25, -0.2) is 0 Å². The van der Waals surface area contributed by atoms with Gasteiger partial charge in [0, 0.05) is 12.2 Å². The van der Waals surface area contributed by atoms with Crippen LogP contribution in [0.25, 0.3) is 0 Å². The SMILES string of the molecule is Nc1ccc(CC(=O)NCCc2cccc(O)c2)cc1. The Labute approximate surface area is 118 Å². The highest BCUT2D eigenvalue weighted by atomic mass is 16.3. The Bertz CT molecular complexity index is 579. The van der Waals surface area contributed by atoms with E-state index in [1.54, 1.807) is 30.3 Å². The Morgan fingerprint density at radius 1 is 1.10 bits per heavy atom. The molecule has 20 heavy (non-hydrogen) atoms. The number of hydrogen-bond donors (Lipinski definition) is 3. The smallest absolute Gasteiger partial charge is 0.224 e. The molecule has 0 aromatic heterocycles. The van der Waals surface area contributed by atoms with Crippen molar-refractivity contribution in [2.75, 3.05) is 12.3 Å². The lowest BCUT2D eigenvalue weighted by Crippen LogP contribution is -2.27. The number of hydrogen-bond acceptors (Lipinski definition) is 3. The third-order valence-electron chi connectivity index (χ3n) is 2.99. The summed E-state index contributed by atoms with van der Waals surface area (Å²) in [6.45, 7) is 0.553. The van der Waals surface area contributed by atoms with E-state index in [0.29, 0.717) is 25.1 Å². The van der Waals surface area contributed by atoms with Gasteiger partial charge in [0.1, 0.15) is 5.75 Å². The second-order valence-electron chi connectivity index (χ2n) is 4.69. The van der Waals surface area contributed by atoms with Crippen LogP contribution in [0.5, 0.6) is 5.75 Å². The molecule has 0 atom stereocenters. The molecule has 0 radical (unpaired) electrons. The fraction of sp³-hybridized carbons (Fsp3) is 0.188. The number of benzene rings is 2. The van der Waals surface area contributed by atoms with Crippen LogP contribution in [0.2, 0.25) is 0 Å². The number of phenolic OH excluding ortho intramolecular Hbond substituents is 1. The number of aromatic hydroxyl groups is 1. The Kier molecular flexibility index (Phi) is 4.60. The monoisotopic (exact) mass is 270 g/mol. The van der Waals surface area contributed by atoms with Crippen LogP contribution >= 0.6 is 0 Å². The first-order valence-electron chi connectivity index (χ1n) is 6.52. The van der Waals surface area contributed by atoms with Gasteiger partial charge in [-0.15, -0.1) is 0 Å². The van der Waals surface area contributed by atoms with E-state index < -0.39 is 0 Å². The van der Waals surface area contributed by atoms with E-state index in [-0.39, 0.29) is 11.7 Å². The maximum absolute atomic E-state index is 11.8. The maximum Gasteiger partial charge on any atom is 0.224 e. The van der Waals surface area contributed by atoms with E-state index in [0.717, 1.165) is 11.1 Å². The Morgan fingerprint density at radius 3 is 2.55 bits per heavy atom. The zero-order chi connectivity index (χ0) is 14.4. The van der Waals surface area contributed by atoms with Crippen LogP contribution in [-0.4, -0.2) is 17.6 Å². The van der Waals surface area contributed by atoms with Gasteiger partial charge in [-0.2, -0.15) is 0 Å². The van der Waals surface area contributed by atoms with Gasteiger partial charge in [-0.05, 0) is 41.8 Å². The van der Waals surface area contributed by atoms with Crippen molar-refractivity contribution < 1.29 is 9.90 Å². The van der Waals surface area contributed by atoms with Gasteiger partial charge in [0.15, 0.2) is 0 Å². The number of rotatable bonds is 5. The van der Waals surface area contributed by atoms with Crippen LogP contribution in [0.4, 0.5) is 5.69 Å². The van der Waals surface area contributed by atoms with Gasteiger partial charge >= 0.3 is 0 Å². The van der Waals surface area contributed by atoms with Crippen LogP contribution < -0.4 is 11.1 Å². The summed E-state index contributed by atoms with van der Waals surface area (Å²) in [7, 11) is 0. The van der Waals surface area contributed by atoms with Crippen molar-refractivity contribution in [1.82, 2.24) is 5.32 Å². The molecule has 2 aromatic rings. The Hall–Kier alpha value is -2.49. The molecule has 0 aliphatic heterocycles. The molecule has 0 unspecified atom stereocenters. The van der Waals surface area contributed by atoms with Gasteiger partial charge in [-0.3, -0.25) is 4.79 Å². The van der Waals surface area contributed by atoms with Crippen LogP contribution in [0.3, 0.4) is 0 Å². The average Bonchev–Trinajstić information content (AvgIpc) is 2.41. The summed E-state index contributed by atoms with van der Waals surface area (Å²) in [4.78, 5) is 11.8. The van der Waals surface area contributed by atoms with Crippen molar-refractivity contribution in [3.8, 4) is 5.75 Å². The highest BCUT2D eigenvalue weighted by molar-refractivity contribution is 5.78. The molecule has 0 aliphatic carbocycles. The summed E-state index contributed by atoms with van der Waals surface area (Å²) in [5.41, 5.74) is 8.22. The lowest BCUT2D eigenvalue weighted by atomic mass is 10.1. The number of nitrogens with one attached hydrogen (secondary N) is 1. The molecule has 4 nitrogen and oxygen atoms in total. The second-order valence-corrected chi connectivity index (χ2v) is 4.69. The van der Waals surface area contributed by atoms with Crippen molar-refractivity contribution in [1.29, 1.82) is 0 Å². The normalized spacial score (nSPS) is 10.2. The molecule has 2 aromatic carbocycles. The van der Waals surface area contributed by atoms with E-state index in [1.165, 1.54) is 0 Å². The first-order valence-corrected chi connectivity index (χ1v) is 6.52. The fourth-order valence-corrected chi connectivity index (χ4v) is 1.94. The van der Waals surface area contributed by atoms with E-state index in [4.69, 9.17) is 5.73 Å². The fourth-order valence-electron chi connectivity index (χ4n) is 1.94. The Balaban J connectivity index is 1.76. The summed E-state index contributed by atoms with van der Waals surface area (Å²) in [5.74, 6) is 0.227. The molecule has 2 rings (SSSR count). The average molecular weight is 270 g/mol. The molecule has 0 bridgehead atoms. The molecule has 0 fully saturated rings. The second kappa shape index (κ2) is 6.61. The number of carbonyl (C=O) groups is 1. The number of nitrogens with two attached hydrogens (primary N) is 1. The third kappa shape index (κ3) is 4.31. The van der Waals surface area contributed by atoms with E-state index in [9.17, 15) is 9.90 Å². The summed E-state index contributed by atoms with van der Waals surface area (Å²) in [5, 5.41) is 12.2. The number of amides is 1. The molecule has 0 aliphatic rings. The lowest BCUT2D eigenvalue weighted by molar-refractivity contribution is -0.120. The molecule has 4 N–H and O–H groups in total. The minimum absolute atomic E-state index is 0.0186. The lowest BCUT2D eigenvalue weighted by Gasteiger charge is -2.06. The van der Waals surface area contributed by atoms with Gasteiger partial charge in [0.05, 0.1) is 6.42 Å². The molecule has 0 saturated heterocycles. The molecule has 4 heteroatoms. The molecule has 1 amide bonds. The highest BCUT2D eigenvalue weighted by Crippen LogP contribution is 2.11. The zero-order valence-electron chi connectivity index (χ0n) is 11.2. The van der Waals surface area contributed by atoms with Crippen molar-refractivity contribution in [3.05, 3.63) is 59.7 Å². The van der Waals surface area contributed by atoms with Crippen molar-refractivity contribution >= 4 is 11.6 Å². The predicted molar refractivity (Wildman–Crippen MR) is 79.4 cm³/mol. The van der Waals surface area contributed by atoms with E-state index >= 15 is 0 Å². The number of carbonyl (C=O) groups excluding carboxylic acids is 1. The molecule has 104 valence electrons. The quantitative estimate of drug-likeness (QED) is 0.726. The molecular formula is C16H18N2O2. The minimum Gasteiger partial charge on any atom is -0.508 e. The van der Waals surface area contributed by atoms with Crippen LogP contribution in [0.15, 0.2) is 48.5 Å². The first-order chi connectivity index (χ1) is 9.63. The van der Waals surface area contributed by atoms with Crippen LogP contribution in [-0.2, 0) is 17.6 Å². The summed E-state index contributed by atoms with van der Waals surface area (Å²) in [6, 6.07) is 14.3. The third-order valence-corrected chi connectivity index (χ3v) is 2.99. The van der Waals surface area contributed by atoms with Crippen LogP contribution in [0, 0.1) is 0 Å². The molecule has 0 heterocycles. The number of anilines is 1. The topological polar surface area (TPSA) is 75.4 Å². The summed E-state index contributed by atoms with van der Waals surface area (Å²) < 4.78 is 0. The molecular weight excluding hydrogens is 252 g/mol. The molecule has 0 saturated carbocycles. The van der Waals surface area contributed by atoms with E-state index in [1.807, 2.05) is 18.2 Å². The van der Waals surface area contributed by atoms with Crippen molar-refractivity contribution in [2.24, 2.45) is 0 Å². The maximum atomic E-state index is 11.8. The van der Waals surface area contributed by atoms with Crippen molar-refractivity contribution in [3.63, 3.8) is 0 Å². The van der Waals surface area contributed by atoms with Gasteiger partial charge in [-0.1, -0.05) is 24.3 Å². The Morgan fingerprint density at radius 2 is 1.85 bits per heavy atom. The van der Waals surface area contributed by atoms with Crippen LogP contribution in [0.1, 0.15) is 11.1 Å². The minimum atomic E-state index is -0.0186. The number of phenols is 1. The highest BCUT2D eigenvalue weighted by Gasteiger charge is 2.03. The number of nitrogen functional groups attached to an aromatic ring is 1. The predicted octanol–water partition coefficient (Wildman–Crippen LogP) is 1.88. The van der Waals surface area contributed by atoms with Crippen molar-refractivity contribution in [2.45, 2.75) is 12.8 Å². The van der Waals surface area contributed by atoms with Gasteiger partial charge in [0.25, 0.3) is 0 Å². The van der Waals surface area contributed by atoms with E-state index in [2.05, 4.69) is 5.32 Å². The first kappa shape index (κ1) is 13.9. The standard InChI is InChI=1S/C16H18N2O2/c17-14-6-4-13(5-7-14)11-16(20)18-9-8-12-2-1-3-15(19)10-12/h1-7,10,19H,8-9,11,17H2,(H,18,20). The largest absolute Gasteiger partial charge is 0.508 e. The summed E-state index contributed by atoms with van der Waals surface area (Å²) >= 11 is 0. The molecule has 0 spiro atoms. The summed E-state index contributed by atoms with van der Waals surface area (Å²) in [6.07, 6.45) is 1.04.